The number of aryl methyl sites for hydroxylation is 1. The smallest absolute Gasteiger partial charge is 0.269 e. The van der Waals surface area contributed by atoms with Gasteiger partial charge in [-0.25, -0.2) is 0 Å². The number of nitriles is 1. The van der Waals surface area contributed by atoms with Crippen molar-refractivity contribution in [1.29, 1.82) is 5.26 Å². The van der Waals surface area contributed by atoms with Gasteiger partial charge in [0.25, 0.3) is 11.5 Å². The molecule has 8 heteroatoms. The number of rotatable bonds is 4. The van der Waals surface area contributed by atoms with Gasteiger partial charge in [0.15, 0.2) is 0 Å². The number of benzene rings is 1. The van der Waals surface area contributed by atoms with Crippen molar-refractivity contribution in [2.45, 2.75) is 6.92 Å². The van der Waals surface area contributed by atoms with Gasteiger partial charge in [-0.05, 0) is 48.9 Å². The predicted octanol–water partition coefficient (Wildman–Crippen LogP) is 2.84. The molecular formula is C19H13ClN4O3. The van der Waals surface area contributed by atoms with Crippen LogP contribution in [0.25, 0.3) is 11.7 Å². The van der Waals surface area contributed by atoms with Crippen LogP contribution in [0.4, 0.5) is 0 Å². The van der Waals surface area contributed by atoms with Gasteiger partial charge >= 0.3 is 0 Å². The molecule has 134 valence electrons. The fourth-order valence-electron chi connectivity index (χ4n) is 2.38. The van der Waals surface area contributed by atoms with Crippen LogP contribution in [0.15, 0.2) is 53.0 Å². The van der Waals surface area contributed by atoms with Crippen molar-refractivity contribution in [3.05, 3.63) is 74.7 Å². The zero-order valence-electron chi connectivity index (χ0n) is 14.1. The molecule has 1 aromatic carbocycles. The number of hydrogen-bond acceptors (Lipinski definition) is 5. The van der Waals surface area contributed by atoms with E-state index in [2.05, 4.69) is 4.98 Å². The highest BCUT2D eigenvalue weighted by atomic mass is 35.5. The quantitative estimate of drug-likeness (QED) is 0.552. The highest BCUT2D eigenvalue weighted by Gasteiger charge is 2.16. The summed E-state index contributed by atoms with van der Waals surface area (Å²) in [7, 11) is 0. The van der Waals surface area contributed by atoms with Crippen LogP contribution in [0.1, 0.15) is 11.1 Å². The third-order valence-electron chi connectivity index (χ3n) is 3.75. The Balaban J connectivity index is 2.24. The molecule has 2 aromatic heterocycles. The first-order valence-electron chi connectivity index (χ1n) is 7.77. The van der Waals surface area contributed by atoms with Gasteiger partial charge in [0.1, 0.15) is 28.6 Å². The lowest BCUT2D eigenvalue weighted by atomic mass is 10.2. The van der Waals surface area contributed by atoms with Gasteiger partial charge in [-0.2, -0.15) is 10.2 Å². The number of carbonyl (C=O) groups is 1. The van der Waals surface area contributed by atoms with E-state index in [1.807, 2.05) is 0 Å². The standard InChI is InChI=1S/C19H13ClN4O3/c1-11-8-13(5-6-15(11)20)27-18-14(9-12(10-21)17(22)25)19(26)24-7-3-2-4-16(24)23-18/h2-9H,1H3,(H2,22,25)/b12-9+. The lowest BCUT2D eigenvalue weighted by Crippen LogP contribution is -2.20. The van der Waals surface area contributed by atoms with Crippen LogP contribution in [-0.2, 0) is 4.79 Å². The molecule has 0 spiro atoms. The van der Waals surface area contributed by atoms with Crippen molar-refractivity contribution in [3.8, 4) is 17.7 Å². The minimum atomic E-state index is -0.955. The van der Waals surface area contributed by atoms with E-state index in [0.29, 0.717) is 16.4 Å². The van der Waals surface area contributed by atoms with E-state index >= 15 is 0 Å². The average molecular weight is 381 g/mol. The molecule has 2 heterocycles. The van der Waals surface area contributed by atoms with Crippen molar-refractivity contribution < 1.29 is 9.53 Å². The summed E-state index contributed by atoms with van der Waals surface area (Å²) in [5.74, 6) is -0.610. The number of hydrogen-bond donors (Lipinski definition) is 1. The number of aromatic nitrogens is 2. The number of amides is 1. The minimum absolute atomic E-state index is 0.0538. The van der Waals surface area contributed by atoms with Crippen LogP contribution in [0, 0.1) is 18.3 Å². The fourth-order valence-corrected chi connectivity index (χ4v) is 2.50. The molecule has 0 fully saturated rings. The van der Waals surface area contributed by atoms with Gasteiger partial charge in [0.2, 0.25) is 5.88 Å². The Morgan fingerprint density at radius 2 is 2.15 bits per heavy atom. The summed E-state index contributed by atoms with van der Waals surface area (Å²) in [6.07, 6.45) is 2.60. The Labute approximate surface area is 158 Å². The molecule has 7 nitrogen and oxygen atoms in total. The second kappa shape index (κ2) is 7.32. The van der Waals surface area contributed by atoms with Gasteiger partial charge in [0, 0.05) is 11.2 Å². The molecule has 0 aliphatic rings. The lowest BCUT2D eigenvalue weighted by molar-refractivity contribution is -0.114. The van der Waals surface area contributed by atoms with Crippen LogP contribution >= 0.6 is 11.6 Å². The highest BCUT2D eigenvalue weighted by molar-refractivity contribution is 6.31. The summed E-state index contributed by atoms with van der Waals surface area (Å²) in [5.41, 5.74) is 5.34. The topological polar surface area (TPSA) is 110 Å². The molecule has 0 unspecified atom stereocenters. The van der Waals surface area contributed by atoms with E-state index < -0.39 is 11.5 Å². The second-order valence-corrected chi connectivity index (χ2v) is 6.02. The van der Waals surface area contributed by atoms with Crippen LogP contribution in [0.3, 0.4) is 0 Å². The Morgan fingerprint density at radius 3 is 2.81 bits per heavy atom. The highest BCUT2D eigenvalue weighted by Crippen LogP contribution is 2.27. The Hall–Kier alpha value is -3.63. The lowest BCUT2D eigenvalue weighted by Gasteiger charge is -2.11. The van der Waals surface area contributed by atoms with Crippen LogP contribution in [0.5, 0.6) is 11.6 Å². The van der Waals surface area contributed by atoms with E-state index in [9.17, 15) is 9.59 Å². The van der Waals surface area contributed by atoms with Gasteiger partial charge in [-0.15, -0.1) is 0 Å². The molecule has 0 saturated heterocycles. The van der Waals surface area contributed by atoms with Gasteiger partial charge in [-0.1, -0.05) is 17.7 Å². The maximum Gasteiger partial charge on any atom is 0.269 e. The predicted molar refractivity (Wildman–Crippen MR) is 101 cm³/mol. The van der Waals surface area contributed by atoms with Gasteiger partial charge in [0.05, 0.1) is 0 Å². The van der Waals surface area contributed by atoms with E-state index in [4.69, 9.17) is 27.3 Å². The molecule has 0 bridgehead atoms. The molecule has 2 N–H and O–H groups in total. The van der Waals surface area contributed by atoms with Crippen LogP contribution in [-0.4, -0.2) is 15.3 Å². The first-order chi connectivity index (χ1) is 12.9. The van der Waals surface area contributed by atoms with E-state index in [1.165, 1.54) is 10.6 Å². The summed E-state index contributed by atoms with van der Waals surface area (Å²) in [4.78, 5) is 28.6. The molecule has 0 saturated carbocycles. The molecule has 3 aromatic rings. The largest absolute Gasteiger partial charge is 0.438 e. The van der Waals surface area contributed by atoms with Crippen molar-refractivity contribution in [2.24, 2.45) is 5.73 Å². The number of ether oxygens (including phenoxy) is 1. The summed E-state index contributed by atoms with van der Waals surface area (Å²) >= 11 is 6.02. The fraction of sp³-hybridized carbons (Fsp3) is 0.0526. The number of carbonyl (C=O) groups excluding carboxylic acids is 1. The molecule has 0 radical (unpaired) electrons. The first-order valence-corrected chi connectivity index (χ1v) is 8.15. The summed E-state index contributed by atoms with van der Waals surface area (Å²) in [6, 6.07) is 11.6. The van der Waals surface area contributed by atoms with E-state index in [1.54, 1.807) is 49.4 Å². The van der Waals surface area contributed by atoms with Crippen LogP contribution < -0.4 is 16.0 Å². The second-order valence-electron chi connectivity index (χ2n) is 5.61. The number of pyridine rings is 1. The Kier molecular flexibility index (Phi) is 4.92. The molecule has 0 atom stereocenters. The monoisotopic (exact) mass is 380 g/mol. The summed E-state index contributed by atoms with van der Waals surface area (Å²) in [6.45, 7) is 1.81. The summed E-state index contributed by atoms with van der Waals surface area (Å²) < 4.78 is 7.05. The maximum absolute atomic E-state index is 12.9. The number of fused-ring (bicyclic) bond motifs is 1. The van der Waals surface area contributed by atoms with Crippen molar-refractivity contribution >= 4 is 29.2 Å². The molecule has 3 rings (SSSR count). The number of nitrogens with two attached hydrogens (primary N) is 1. The zero-order chi connectivity index (χ0) is 19.6. The third kappa shape index (κ3) is 3.66. The number of halogens is 1. The van der Waals surface area contributed by atoms with Crippen molar-refractivity contribution in [1.82, 2.24) is 9.38 Å². The van der Waals surface area contributed by atoms with Crippen molar-refractivity contribution in [3.63, 3.8) is 0 Å². The number of primary amides is 1. The number of nitrogens with zero attached hydrogens (tertiary/aromatic N) is 3. The first kappa shape index (κ1) is 18.2. The normalized spacial score (nSPS) is 11.2. The molecule has 27 heavy (non-hydrogen) atoms. The minimum Gasteiger partial charge on any atom is -0.438 e. The van der Waals surface area contributed by atoms with Gasteiger partial charge in [-0.3, -0.25) is 14.0 Å². The van der Waals surface area contributed by atoms with E-state index in [0.717, 1.165) is 11.6 Å². The Morgan fingerprint density at radius 1 is 1.37 bits per heavy atom. The SMILES string of the molecule is Cc1cc(Oc2nc3ccccn3c(=O)c2/C=C(\C#N)C(N)=O)ccc1Cl. The molecule has 0 aliphatic heterocycles. The molecule has 0 aliphatic carbocycles. The summed E-state index contributed by atoms with van der Waals surface area (Å²) in [5, 5.41) is 9.67. The average Bonchev–Trinajstić information content (AvgIpc) is 2.64. The molecular weight excluding hydrogens is 368 g/mol. The third-order valence-corrected chi connectivity index (χ3v) is 4.18. The van der Waals surface area contributed by atoms with Crippen molar-refractivity contribution in [2.75, 3.05) is 0 Å². The van der Waals surface area contributed by atoms with E-state index in [-0.39, 0.29) is 17.0 Å². The zero-order valence-corrected chi connectivity index (χ0v) is 14.9. The van der Waals surface area contributed by atoms with Gasteiger partial charge < -0.3 is 10.5 Å². The Bertz CT molecular complexity index is 1190. The molecule has 1 amide bonds. The van der Waals surface area contributed by atoms with Crippen LogP contribution in [0.2, 0.25) is 5.02 Å². The maximum atomic E-state index is 12.9.